The molecule has 2 heterocycles. The van der Waals surface area contributed by atoms with Crippen LogP contribution >= 0.6 is 0 Å². The summed E-state index contributed by atoms with van der Waals surface area (Å²) in [5.41, 5.74) is 2.55. The largest absolute Gasteiger partial charge is 0.430 e. The molecule has 0 aliphatic carbocycles. The van der Waals surface area contributed by atoms with Gasteiger partial charge in [-0.3, -0.25) is 0 Å². The quantitative estimate of drug-likeness (QED) is 0.773. The van der Waals surface area contributed by atoms with Crippen molar-refractivity contribution in [3.63, 3.8) is 0 Å². The Kier molecular flexibility index (Phi) is 3.00. The number of rotatable bonds is 4. The monoisotopic (exact) mass is 257 g/mol. The molecule has 0 saturated heterocycles. The van der Waals surface area contributed by atoms with E-state index in [4.69, 9.17) is 4.42 Å². The van der Waals surface area contributed by atoms with Gasteiger partial charge in [-0.25, -0.2) is 0 Å². The number of nitrogens with one attached hydrogen (secondary N) is 1. The molecule has 6 nitrogen and oxygen atoms in total. The minimum absolute atomic E-state index is 0.410. The molecule has 3 aromatic rings. The number of oxazole rings is 1. The number of para-hydroxylation sites is 1. The van der Waals surface area contributed by atoms with Gasteiger partial charge < -0.3 is 9.73 Å². The van der Waals surface area contributed by atoms with Gasteiger partial charge in [0.1, 0.15) is 11.8 Å². The van der Waals surface area contributed by atoms with Gasteiger partial charge in [0.05, 0.1) is 11.2 Å². The summed E-state index contributed by atoms with van der Waals surface area (Å²) in [6.07, 6.45) is 1.64. The second-order valence-electron chi connectivity index (χ2n) is 4.65. The number of benzene rings is 1. The number of aromatic nitrogens is 4. The maximum Gasteiger partial charge on any atom is 0.324 e. The Balaban J connectivity index is 1.90. The van der Waals surface area contributed by atoms with Gasteiger partial charge in [0.25, 0.3) is 0 Å². The van der Waals surface area contributed by atoms with Crippen molar-refractivity contribution in [3.8, 4) is 6.01 Å². The van der Waals surface area contributed by atoms with E-state index in [0.717, 1.165) is 16.7 Å². The lowest BCUT2D eigenvalue weighted by Gasteiger charge is -2.03. The average Bonchev–Trinajstić information content (AvgIpc) is 3.02. The summed E-state index contributed by atoms with van der Waals surface area (Å²) in [4.78, 5) is 4.41. The standard InChI is InChI=1S/C13H15N5O/c1-9(2)14-7-10-8-19-13(15-10)18-12-6-4-3-5-11(12)16-17-18/h3-6,8-9,14H,7H2,1-2H3. The van der Waals surface area contributed by atoms with Gasteiger partial charge in [-0.1, -0.05) is 31.2 Å². The van der Waals surface area contributed by atoms with Gasteiger partial charge in [-0.15, -0.1) is 5.10 Å². The molecule has 2 aromatic heterocycles. The fourth-order valence-corrected chi connectivity index (χ4v) is 1.79. The summed E-state index contributed by atoms with van der Waals surface area (Å²) in [5, 5.41) is 11.4. The van der Waals surface area contributed by atoms with E-state index in [2.05, 4.69) is 34.5 Å². The normalized spacial score (nSPS) is 11.5. The third-order valence-corrected chi connectivity index (χ3v) is 2.76. The average molecular weight is 257 g/mol. The van der Waals surface area contributed by atoms with E-state index >= 15 is 0 Å². The summed E-state index contributed by atoms with van der Waals surface area (Å²) in [6, 6.07) is 8.55. The van der Waals surface area contributed by atoms with Crippen molar-refractivity contribution in [2.24, 2.45) is 0 Å². The van der Waals surface area contributed by atoms with Crippen LogP contribution in [0.25, 0.3) is 17.0 Å². The van der Waals surface area contributed by atoms with Crippen molar-refractivity contribution >= 4 is 11.0 Å². The number of hydrogen-bond acceptors (Lipinski definition) is 5. The fraction of sp³-hybridized carbons (Fsp3) is 0.308. The van der Waals surface area contributed by atoms with Crippen molar-refractivity contribution in [2.45, 2.75) is 26.4 Å². The van der Waals surface area contributed by atoms with Gasteiger partial charge in [0.15, 0.2) is 0 Å². The minimum Gasteiger partial charge on any atom is -0.430 e. The molecule has 0 unspecified atom stereocenters. The van der Waals surface area contributed by atoms with Crippen LogP contribution in [0.3, 0.4) is 0 Å². The molecule has 19 heavy (non-hydrogen) atoms. The molecule has 0 aliphatic heterocycles. The highest BCUT2D eigenvalue weighted by Crippen LogP contribution is 2.15. The van der Waals surface area contributed by atoms with E-state index in [1.165, 1.54) is 0 Å². The lowest BCUT2D eigenvalue weighted by molar-refractivity contribution is 0.508. The van der Waals surface area contributed by atoms with Crippen LogP contribution in [0.4, 0.5) is 0 Å². The molecule has 0 bridgehead atoms. The van der Waals surface area contributed by atoms with E-state index in [9.17, 15) is 0 Å². The van der Waals surface area contributed by atoms with E-state index < -0.39 is 0 Å². The van der Waals surface area contributed by atoms with Crippen LogP contribution in [0.1, 0.15) is 19.5 Å². The first-order valence-corrected chi connectivity index (χ1v) is 6.22. The van der Waals surface area contributed by atoms with Crippen LogP contribution < -0.4 is 5.32 Å². The van der Waals surface area contributed by atoms with Crippen LogP contribution in [0.2, 0.25) is 0 Å². The summed E-state index contributed by atoms with van der Waals surface area (Å²) >= 11 is 0. The molecule has 1 N–H and O–H groups in total. The van der Waals surface area contributed by atoms with Crippen molar-refractivity contribution in [3.05, 3.63) is 36.2 Å². The predicted molar refractivity (Wildman–Crippen MR) is 70.9 cm³/mol. The Labute approximate surface area is 110 Å². The van der Waals surface area contributed by atoms with E-state index in [1.807, 2.05) is 24.3 Å². The summed E-state index contributed by atoms with van der Waals surface area (Å²) in [7, 11) is 0. The van der Waals surface area contributed by atoms with Crippen LogP contribution in [-0.2, 0) is 6.54 Å². The Morgan fingerprint density at radius 1 is 1.32 bits per heavy atom. The zero-order valence-electron chi connectivity index (χ0n) is 10.9. The Morgan fingerprint density at radius 3 is 3.00 bits per heavy atom. The molecule has 0 spiro atoms. The SMILES string of the molecule is CC(C)NCc1coc(-n2nnc3ccccc32)n1. The molecule has 0 radical (unpaired) electrons. The highest BCUT2D eigenvalue weighted by molar-refractivity contribution is 5.75. The molecule has 98 valence electrons. The van der Waals surface area contributed by atoms with Crippen molar-refractivity contribution in [1.29, 1.82) is 0 Å². The first kappa shape index (κ1) is 11.9. The number of fused-ring (bicyclic) bond motifs is 1. The topological polar surface area (TPSA) is 68.8 Å². The van der Waals surface area contributed by atoms with E-state index in [-0.39, 0.29) is 0 Å². The van der Waals surface area contributed by atoms with Gasteiger partial charge in [0, 0.05) is 12.6 Å². The maximum atomic E-state index is 5.46. The highest BCUT2D eigenvalue weighted by Gasteiger charge is 2.11. The van der Waals surface area contributed by atoms with Gasteiger partial charge in [0.2, 0.25) is 0 Å². The maximum absolute atomic E-state index is 5.46. The molecule has 0 saturated carbocycles. The minimum atomic E-state index is 0.410. The summed E-state index contributed by atoms with van der Waals surface area (Å²) in [6.45, 7) is 4.85. The Morgan fingerprint density at radius 2 is 2.16 bits per heavy atom. The first-order chi connectivity index (χ1) is 9.24. The molecule has 0 atom stereocenters. The second-order valence-corrected chi connectivity index (χ2v) is 4.65. The summed E-state index contributed by atoms with van der Waals surface area (Å²) in [5.74, 6) is 0. The highest BCUT2D eigenvalue weighted by atomic mass is 16.4. The fourth-order valence-electron chi connectivity index (χ4n) is 1.79. The third kappa shape index (κ3) is 2.34. The molecule has 0 fully saturated rings. The molecule has 3 rings (SSSR count). The van der Waals surface area contributed by atoms with Crippen molar-refractivity contribution < 1.29 is 4.42 Å². The van der Waals surface area contributed by atoms with Crippen LogP contribution in [0, 0.1) is 0 Å². The second kappa shape index (κ2) is 4.81. The molecule has 0 amide bonds. The first-order valence-electron chi connectivity index (χ1n) is 6.22. The van der Waals surface area contributed by atoms with Crippen LogP contribution in [0.15, 0.2) is 34.9 Å². The third-order valence-electron chi connectivity index (χ3n) is 2.76. The Bertz CT molecular complexity index is 685. The lowest BCUT2D eigenvalue weighted by atomic mass is 10.3. The number of hydrogen-bond donors (Lipinski definition) is 1. The van der Waals surface area contributed by atoms with Gasteiger partial charge in [-0.05, 0) is 12.1 Å². The van der Waals surface area contributed by atoms with E-state index in [1.54, 1.807) is 10.9 Å². The predicted octanol–water partition coefficient (Wildman–Crippen LogP) is 1.91. The van der Waals surface area contributed by atoms with Gasteiger partial charge in [-0.2, -0.15) is 9.67 Å². The smallest absolute Gasteiger partial charge is 0.324 e. The zero-order valence-corrected chi connectivity index (χ0v) is 10.9. The van der Waals surface area contributed by atoms with Gasteiger partial charge >= 0.3 is 6.01 Å². The van der Waals surface area contributed by atoms with Crippen molar-refractivity contribution in [1.82, 2.24) is 25.3 Å². The lowest BCUT2D eigenvalue weighted by Crippen LogP contribution is -2.21. The molecule has 1 aromatic carbocycles. The molecule has 6 heteroatoms. The van der Waals surface area contributed by atoms with Crippen LogP contribution in [-0.4, -0.2) is 26.0 Å². The molecular formula is C13H15N5O. The summed E-state index contributed by atoms with van der Waals surface area (Å²) < 4.78 is 7.06. The molecule has 0 aliphatic rings. The number of nitrogens with zero attached hydrogens (tertiary/aromatic N) is 4. The van der Waals surface area contributed by atoms with E-state index in [0.29, 0.717) is 18.6 Å². The molecular weight excluding hydrogens is 242 g/mol. The van der Waals surface area contributed by atoms with Crippen molar-refractivity contribution in [2.75, 3.05) is 0 Å². The zero-order chi connectivity index (χ0) is 13.2. The van der Waals surface area contributed by atoms with Crippen LogP contribution in [0.5, 0.6) is 0 Å². The Hall–Kier alpha value is -2.21.